The van der Waals surface area contributed by atoms with Crippen LogP contribution in [0, 0.1) is 0 Å². The molecule has 156 valence electrons. The van der Waals surface area contributed by atoms with Crippen molar-refractivity contribution in [2.45, 2.75) is 13.3 Å². The average Bonchev–Trinajstić information content (AvgIpc) is 3.22. The molecule has 2 aromatic carbocycles. The largest absolute Gasteiger partial charge is 0.482 e. The van der Waals surface area contributed by atoms with E-state index in [4.69, 9.17) is 14.2 Å². The van der Waals surface area contributed by atoms with Crippen LogP contribution >= 0.6 is 0 Å². The Morgan fingerprint density at radius 1 is 1.03 bits per heavy atom. The third kappa shape index (κ3) is 4.00. The number of rotatable bonds is 6. The highest BCUT2D eigenvalue weighted by Crippen LogP contribution is 2.35. The van der Waals surface area contributed by atoms with Crippen LogP contribution in [0.1, 0.15) is 23.7 Å². The zero-order valence-electron chi connectivity index (χ0n) is 16.4. The van der Waals surface area contributed by atoms with Gasteiger partial charge in [0.25, 0.3) is 11.8 Å². The molecule has 0 saturated carbocycles. The number of nitrogens with one attached hydrogen (secondary N) is 2. The first-order chi connectivity index (χ1) is 14.5. The Morgan fingerprint density at radius 3 is 2.67 bits per heavy atom. The third-order valence-electron chi connectivity index (χ3n) is 4.67. The van der Waals surface area contributed by atoms with Crippen molar-refractivity contribution in [3.8, 4) is 17.2 Å². The summed E-state index contributed by atoms with van der Waals surface area (Å²) in [5, 5.41) is 5.55. The van der Waals surface area contributed by atoms with E-state index in [0.717, 1.165) is 6.42 Å². The molecule has 0 saturated heterocycles. The van der Waals surface area contributed by atoms with Gasteiger partial charge in [0, 0.05) is 17.8 Å². The Labute approximate surface area is 172 Å². The van der Waals surface area contributed by atoms with E-state index in [9.17, 15) is 14.4 Å². The lowest BCUT2D eigenvalue weighted by molar-refractivity contribution is -0.125. The van der Waals surface area contributed by atoms with Crippen LogP contribution in [0.5, 0.6) is 17.2 Å². The van der Waals surface area contributed by atoms with Crippen molar-refractivity contribution in [2.75, 3.05) is 36.7 Å². The summed E-state index contributed by atoms with van der Waals surface area (Å²) in [5.74, 6) is 0.646. The molecule has 0 fully saturated rings. The van der Waals surface area contributed by atoms with E-state index >= 15 is 0 Å². The Hall–Kier alpha value is -3.75. The van der Waals surface area contributed by atoms with Crippen molar-refractivity contribution in [2.24, 2.45) is 0 Å². The summed E-state index contributed by atoms with van der Waals surface area (Å²) in [6, 6.07) is 9.87. The number of nitrogens with zero attached hydrogens (tertiary/aromatic N) is 1. The summed E-state index contributed by atoms with van der Waals surface area (Å²) in [4.78, 5) is 38.5. The van der Waals surface area contributed by atoms with Crippen molar-refractivity contribution in [3.63, 3.8) is 0 Å². The lowest BCUT2D eigenvalue weighted by Crippen LogP contribution is -2.45. The Balaban J connectivity index is 1.52. The van der Waals surface area contributed by atoms with E-state index in [1.54, 1.807) is 36.4 Å². The maximum absolute atomic E-state index is 12.6. The van der Waals surface area contributed by atoms with E-state index in [1.165, 1.54) is 4.90 Å². The van der Waals surface area contributed by atoms with Crippen LogP contribution in [-0.2, 0) is 9.59 Å². The molecule has 2 aromatic rings. The molecule has 30 heavy (non-hydrogen) atoms. The molecule has 0 unspecified atom stereocenters. The molecule has 0 atom stereocenters. The van der Waals surface area contributed by atoms with Gasteiger partial charge in [0.2, 0.25) is 12.7 Å². The third-order valence-corrected chi connectivity index (χ3v) is 4.67. The monoisotopic (exact) mass is 411 g/mol. The van der Waals surface area contributed by atoms with E-state index in [0.29, 0.717) is 40.7 Å². The van der Waals surface area contributed by atoms with Crippen LogP contribution in [0.15, 0.2) is 36.4 Å². The highest BCUT2D eigenvalue weighted by atomic mass is 16.7. The predicted octanol–water partition coefficient (Wildman–Crippen LogP) is 1.92. The number of carbonyl (C=O) groups is 3. The van der Waals surface area contributed by atoms with Crippen molar-refractivity contribution >= 4 is 29.1 Å². The Morgan fingerprint density at radius 2 is 1.83 bits per heavy atom. The lowest BCUT2D eigenvalue weighted by atomic mass is 10.1. The molecule has 9 heteroatoms. The second-order valence-electron chi connectivity index (χ2n) is 6.82. The Kier molecular flexibility index (Phi) is 5.42. The van der Waals surface area contributed by atoms with Crippen LogP contribution in [0.25, 0.3) is 0 Å². The first kappa shape index (κ1) is 19.6. The van der Waals surface area contributed by atoms with Gasteiger partial charge in [-0.25, -0.2) is 0 Å². The number of hydrogen-bond donors (Lipinski definition) is 2. The lowest BCUT2D eigenvalue weighted by Gasteiger charge is -2.29. The molecule has 0 radical (unpaired) electrons. The molecule has 3 amide bonds. The van der Waals surface area contributed by atoms with Crippen molar-refractivity contribution in [1.29, 1.82) is 0 Å². The van der Waals surface area contributed by atoms with Gasteiger partial charge in [-0.1, -0.05) is 6.92 Å². The maximum atomic E-state index is 12.6. The number of carbonyl (C=O) groups excluding carboxylic acids is 3. The maximum Gasteiger partial charge on any atom is 0.265 e. The minimum Gasteiger partial charge on any atom is -0.482 e. The molecule has 2 aliphatic heterocycles. The van der Waals surface area contributed by atoms with Gasteiger partial charge in [0.1, 0.15) is 12.3 Å². The van der Waals surface area contributed by atoms with Gasteiger partial charge in [-0.3, -0.25) is 19.3 Å². The van der Waals surface area contributed by atoms with Gasteiger partial charge in [-0.15, -0.1) is 0 Å². The van der Waals surface area contributed by atoms with E-state index < -0.39 is 0 Å². The highest BCUT2D eigenvalue weighted by molar-refractivity contribution is 6.06. The highest BCUT2D eigenvalue weighted by Gasteiger charge is 2.28. The van der Waals surface area contributed by atoms with Crippen molar-refractivity contribution < 1.29 is 28.6 Å². The SMILES string of the molecule is CCCNC(=O)CN1C(=O)COc2ccc(NC(=O)c3ccc4c(c3)OCO4)cc21. The summed E-state index contributed by atoms with van der Waals surface area (Å²) in [6.07, 6.45) is 0.801. The predicted molar refractivity (Wildman–Crippen MR) is 108 cm³/mol. The van der Waals surface area contributed by atoms with Gasteiger partial charge < -0.3 is 24.8 Å². The van der Waals surface area contributed by atoms with Gasteiger partial charge in [0.15, 0.2) is 18.1 Å². The normalized spacial score (nSPS) is 14.0. The fourth-order valence-corrected chi connectivity index (χ4v) is 3.16. The van der Waals surface area contributed by atoms with Gasteiger partial charge in [-0.05, 0) is 42.8 Å². The molecular weight excluding hydrogens is 390 g/mol. The minimum atomic E-state index is -0.344. The standard InChI is InChI=1S/C21H21N3O6/c1-2-7-22-19(25)10-24-15-9-14(4-6-16(15)28-11-20(24)26)23-21(27)13-3-5-17-18(8-13)30-12-29-17/h3-6,8-9H,2,7,10-12H2,1H3,(H,22,25)(H,23,27). The molecule has 4 rings (SSSR count). The van der Waals surface area contributed by atoms with E-state index in [2.05, 4.69) is 10.6 Å². The van der Waals surface area contributed by atoms with Gasteiger partial charge in [0.05, 0.1) is 5.69 Å². The second kappa shape index (κ2) is 8.32. The van der Waals surface area contributed by atoms with Crippen LogP contribution in [-0.4, -0.2) is 44.2 Å². The topological polar surface area (TPSA) is 106 Å². The van der Waals surface area contributed by atoms with Crippen LogP contribution in [0.3, 0.4) is 0 Å². The molecule has 2 aliphatic rings. The number of fused-ring (bicyclic) bond motifs is 2. The van der Waals surface area contributed by atoms with Crippen LogP contribution in [0.2, 0.25) is 0 Å². The zero-order valence-corrected chi connectivity index (χ0v) is 16.4. The molecule has 0 spiro atoms. The first-order valence-electron chi connectivity index (χ1n) is 9.60. The first-order valence-corrected chi connectivity index (χ1v) is 9.60. The molecule has 2 N–H and O–H groups in total. The summed E-state index contributed by atoms with van der Waals surface area (Å²) in [7, 11) is 0. The fraction of sp³-hybridized carbons (Fsp3) is 0.286. The van der Waals surface area contributed by atoms with E-state index in [-0.39, 0.29) is 37.7 Å². The quantitative estimate of drug-likeness (QED) is 0.752. The summed E-state index contributed by atoms with van der Waals surface area (Å²) < 4.78 is 16.0. The number of ether oxygens (including phenoxy) is 3. The summed E-state index contributed by atoms with van der Waals surface area (Å²) >= 11 is 0. The number of benzene rings is 2. The minimum absolute atomic E-state index is 0.116. The summed E-state index contributed by atoms with van der Waals surface area (Å²) in [6.45, 7) is 2.35. The molecule has 9 nitrogen and oxygen atoms in total. The molecular formula is C21H21N3O6. The summed E-state index contributed by atoms with van der Waals surface area (Å²) in [5.41, 5.74) is 1.30. The van der Waals surface area contributed by atoms with Crippen molar-refractivity contribution in [3.05, 3.63) is 42.0 Å². The molecule has 0 bridgehead atoms. The average molecular weight is 411 g/mol. The van der Waals surface area contributed by atoms with Crippen molar-refractivity contribution in [1.82, 2.24) is 5.32 Å². The second-order valence-corrected chi connectivity index (χ2v) is 6.82. The molecule has 2 heterocycles. The molecule has 0 aromatic heterocycles. The number of anilines is 2. The number of amides is 3. The van der Waals surface area contributed by atoms with Gasteiger partial charge >= 0.3 is 0 Å². The molecule has 0 aliphatic carbocycles. The Bertz CT molecular complexity index is 1010. The number of hydrogen-bond acceptors (Lipinski definition) is 6. The van der Waals surface area contributed by atoms with Crippen LogP contribution in [0.4, 0.5) is 11.4 Å². The van der Waals surface area contributed by atoms with Crippen LogP contribution < -0.4 is 29.7 Å². The van der Waals surface area contributed by atoms with Gasteiger partial charge in [-0.2, -0.15) is 0 Å². The smallest absolute Gasteiger partial charge is 0.265 e. The fourth-order valence-electron chi connectivity index (χ4n) is 3.16. The zero-order chi connectivity index (χ0) is 21.1. The van der Waals surface area contributed by atoms with E-state index in [1.807, 2.05) is 6.92 Å².